The Kier molecular flexibility index (Phi) is 13.8. The van der Waals surface area contributed by atoms with Crippen molar-refractivity contribution in [2.24, 2.45) is 11.3 Å². The summed E-state index contributed by atoms with van der Waals surface area (Å²) in [6.07, 6.45) is 9.53. The van der Waals surface area contributed by atoms with E-state index >= 15 is 0 Å². The van der Waals surface area contributed by atoms with Gasteiger partial charge < -0.3 is 48.9 Å². The molecule has 0 unspecified atom stereocenters. The number of para-hydroxylation sites is 1. The van der Waals surface area contributed by atoms with Gasteiger partial charge in [-0.15, -0.1) is 0 Å². The maximum atomic E-state index is 15.0. The van der Waals surface area contributed by atoms with Crippen LogP contribution < -0.4 is 34.0 Å². The van der Waals surface area contributed by atoms with E-state index in [1.807, 2.05) is 37.3 Å². The fourth-order valence-corrected chi connectivity index (χ4v) is 15.3. The third-order valence-electron chi connectivity index (χ3n) is 18.3. The van der Waals surface area contributed by atoms with Crippen molar-refractivity contribution < 1.29 is 46.9 Å². The smallest absolute Gasteiger partial charge is 0.297 e. The number of fused-ring (bicyclic) bond motifs is 4. The minimum Gasteiger partial charge on any atom is -0.491 e. The summed E-state index contributed by atoms with van der Waals surface area (Å²) >= 11 is 0. The molecule has 2 aromatic heterocycles. The second-order valence-electron chi connectivity index (χ2n) is 24.6. The number of carbonyl (C=O) groups excluding carboxylic acids is 1. The van der Waals surface area contributed by atoms with Crippen LogP contribution in [0.1, 0.15) is 128 Å². The summed E-state index contributed by atoms with van der Waals surface area (Å²) in [5.74, 6) is 0.441. The van der Waals surface area contributed by atoms with Gasteiger partial charge in [0.05, 0.1) is 64.1 Å². The molecule has 4 N–H and O–H groups in total. The molecule has 2 saturated carbocycles. The van der Waals surface area contributed by atoms with Crippen LogP contribution in [0.3, 0.4) is 0 Å². The van der Waals surface area contributed by atoms with Crippen LogP contribution in [0, 0.1) is 21.4 Å². The monoisotopic (exact) mass is 1100 g/mol. The number of carbonyl (C=O) groups is 1. The van der Waals surface area contributed by atoms with Gasteiger partial charge in [0, 0.05) is 72.3 Å². The molecule has 79 heavy (non-hydrogen) atoms. The second kappa shape index (κ2) is 20.4. The van der Waals surface area contributed by atoms with Crippen LogP contribution >= 0.6 is 0 Å². The molecule has 1 spiro atoms. The zero-order valence-electron chi connectivity index (χ0n) is 46.0. The van der Waals surface area contributed by atoms with Gasteiger partial charge in [-0.05, 0) is 153 Å². The van der Waals surface area contributed by atoms with E-state index in [9.17, 15) is 28.4 Å². The van der Waals surface area contributed by atoms with Crippen LogP contribution in [0.4, 0.5) is 28.4 Å². The van der Waals surface area contributed by atoms with E-state index in [4.69, 9.17) is 28.7 Å². The van der Waals surface area contributed by atoms with Gasteiger partial charge in [0.1, 0.15) is 29.8 Å². The van der Waals surface area contributed by atoms with E-state index in [-0.39, 0.29) is 77.4 Å². The molecule has 5 aromatic rings. The number of rotatable bonds is 11. The number of nitro groups is 1. The van der Waals surface area contributed by atoms with Gasteiger partial charge in [-0.2, -0.15) is 4.98 Å². The lowest BCUT2D eigenvalue weighted by atomic mass is 9.58. The van der Waals surface area contributed by atoms with E-state index in [1.165, 1.54) is 11.6 Å². The Morgan fingerprint density at radius 1 is 0.937 bits per heavy atom. The number of hydrogen-bond acceptors (Lipinski definition) is 16. The van der Waals surface area contributed by atoms with Crippen molar-refractivity contribution >= 4 is 55.4 Å². The quantitative estimate of drug-likeness (QED) is 0.0714. The van der Waals surface area contributed by atoms with Crippen molar-refractivity contribution in [3.05, 3.63) is 94.2 Å². The SMILES string of the molecule is CC(C)Oc1ccccc1[C@@H]1COCCC(C)(C)N1C1CC2(CCN(c3ccc(C(=O)NS(=O)(=O)c4cc5c(c([N+](=O)[O-])c4)N[C@H](C4CCC(C)(O)CC4)CO5)c(N4c5cc6cc[nH]c6nc5O[C@H]5COCC[C@@H]54)c3)[C@@H](C)C2)C1. The van der Waals surface area contributed by atoms with Crippen LogP contribution in [-0.4, -0.2) is 126 Å². The summed E-state index contributed by atoms with van der Waals surface area (Å²) in [6, 6.07) is 20.0. The molecule has 20 heteroatoms. The van der Waals surface area contributed by atoms with Crippen molar-refractivity contribution in [1.82, 2.24) is 19.6 Å². The highest BCUT2D eigenvalue weighted by molar-refractivity contribution is 7.90. The van der Waals surface area contributed by atoms with Crippen molar-refractivity contribution in [3.63, 3.8) is 0 Å². The number of ether oxygens (including phenoxy) is 5. The zero-order chi connectivity index (χ0) is 55.2. The van der Waals surface area contributed by atoms with Crippen LogP contribution in [0.5, 0.6) is 17.4 Å². The Morgan fingerprint density at radius 2 is 1.72 bits per heavy atom. The van der Waals surface area contributed by atoms with Crippen molar-refractivity contribution in [1.29, 1.82) is 0 Å². The average Bonchev–Trinajstić information content (AvgIpc) is 4.04. The lowest BCUT2D eigenvalue weighted by molar-refractivity contribution is -0.384. The van der Waals surface area contributed by atoms with Crippen molar-refractivity contribution in [2.45, 2.75) is 164 Å². The molecule has 5 atom stereocenters. The number of hydrogen-bond donors (Lipinski definition) is 4. The first-order valence-corrected chi connectivity index (χ1v) is 29.8. The predicted octanol–water partition coefficient (Wildman–Crippen LogP) is 9.56. The Labute approximate surface area is 461 Å². The summed E-state index contributed by atoms with van der Waals surface area (Å²) < 4.78 is 62.7. The number of nitrogens with one attached hydrogen (secondary N) is 3. The topological polar surface area (TPSA) is 223 Å². The predicted molar refractivity (Wildman–Crippen MR) is 299 cm³/mol. The average molecular weight is 1100 g/mol. The summed E-state index contributed by atoms with van der Waals surface area (Å²) in [5, 5.41) is 27.3. The Balaban J connectivity index is 0.846. The number of benzene rings is 3. The lowest BCUT2D eigenvalue weighted by Crippen LogP contribution is -2.62. The van der Waals surface area contributed by atoms with Crippen LogP contribution in [0.2, 0.25) is 0 Å². The van der Waals surface area contributed by atoms with E-state index in [0.29, 0.717) is 80.9 Å². The maximum absolute atomic E-state index is 15.0. The highest BCUT2D eigenvalue weighted by atomic mass is 32.2. The zero-order valence-corrected chi connectivity index (χ0v) is 46.9. The Morgan fingerprint density at radius 3 is 2.49 bits per heavy atom. The number of anilines is 4. The molecule has 5 fully saturated rings. The molecule has 7 heterocycles. The van der Waals surface area contributed by atoms with E-state index in [1.54, 1.807) is 12.3 Å². The van der Waals surface area contributed by atoms with Crippen molar-refractivity contribution in [2.75, 3.05) is 54.7 Å². The summed E-state index contributed by atoms with van der Waals surface area (Å²) in [7, 11) is -4.74. The third-order valence-corrected chi connectivity index (χ3v) is 19.6. The van der Waals surface area contributed by atoms with E-state index in [0.717, 1.165) is 61.5 Å². The van der Waals surface area contributed by atoms with Crippen molar-refractivity contribution in [3.8, 4) is 17.4 Å². The van der Waals surface area contributed by atoms with Gasteiger partial charge in [0.15, 0.2) is 11.4 Å². The highest BCUT2D eigenvalue weighted by Crippen LogP contribution is 2.57. The molecular formula is C59H74N8O11S. The fourth-order valence-electron chi connectivity index (χ4n) is 14.3. The second-order valence-corrected chi connectivity index (χ2v) is 26.3. The van der Waals surface area contributed by atoms with Crippen LogP contribution in [-0.2, 0) is 19.5 Å². The molecule has 2 aliphatic carbocycles. The first kappa shape index (κ1) is 53.5. The number of H-pyrrole nitrogens is 1. The normalized spacial score (nSPS) is 29.7. The minimum atomic E-state index is -4.74. The summed E-state index contributed by atoms with van der Waals surface area (Å²) in [4.78, 5) is 41.8. The summed E-state index contributed by atoms with van der Waals surface area (Å²) in [6.45, 7) is 15.9. The first-order chi connectivity index (χ1) is 37.8. The Bertz CT molecular complexity index is 3260. The largest absolute Gasteiger partial charge is 0.491 e. The van der Waals surface area contributed by atoms with Gasteiger partial charge >= 0.3 is 0 Å². The standard InChI is InChI=1S/C59H74N8O11S/c1-35(2)77-50-10-8-7-9-42(50)49-33-75-24-20-57(4,5)66(49)40-30-59(31-40)19-22-64(36(3)29-59)39-11-12-43(46(26-39)65-45-16-23-74-34-52(45)78-56-48(65)25-38-15-21-60-54(38)62-56)55(68)63-79(72,73)41-27-47(67(70)71)53-51(28-41)76-32-44(61-53)37-13-17-58(6,69)18-14-37/h7-12,15,21,25-28,35-37,40,44-45,49,52,61,69H,13-14,16-20,22-24,29-34H2,1-6H3,(H,60,62)(H,63,68)/t36-,37?,40?,44-,45-,49-,52-,58?,59?/m0/s1. The molecule has 0 radical (unpaired) electrons. The minimum absolute atomic E-state index is 0.00239. The lowest BCUT2D eigenvalue weighted by Gasteiger charge is -2.60. The van der Waals surface area contributed by atoms with Gasteiger partial charge in [-0.1, -0.05) is 18.2 Å². The molecule has 19 nitrogen and oxygen atoms in total. The molecular weight excluding hydrogens is 1030 g/mol. The number of amides is 1. The number of pyridine rings is 1. The summed E-state index contributed by atoms with van der Waals surface area (Å²) in [5.41, 5.74) is 2.73. The molecule has 422 valence electrons. The number of nitro benzene ring substituents is 1. The number of aromatic nitrogens is 2. The van der Waals surface area contributed by atoms with Gasteiger partial charge in [-0.25, -0.2) is 13.1 Å². The molecule has 12 rings (SSSR count). The van der Waals surface area contributed by atoms with E-state index in [2.05, 4.69) is 82.5 Å². The fraction of sp³-hybridized carbons (Fsp3) is 0.559. The third kappa shape index (κ3) is 10.1. The molecule has 1 amide bonds. The number of aliphatic hydroxyl groups is 1. The molecule has 3 saturated heterocycles. The highest BCUT2D eigenvalue weighted by Gasteiger charge is 2.54. The first-order valence-electron chi connectivity index (χ1n) is 28.3. The molecule has 0 bridgehead atoms. The molecule has 3 aromatic carbocycles. The van der Waals surface area contributed by atoms with E-state index < -0.39 is 43.1 Å². The number of sulfonamides is 1. The van der Waals surface area contributed by atoms with Gasteiger partial charge in [0.25, 0.3) is 21.6 Å². The number of piperidine rings is 1. The number of nitrogens with zero attached hydrogens (tertiary/aromatic N) is 5. The molecule has 7 aliphatic rings. The van der Waals surface area contributed by atoms with Crippen LogP contribution in [0.15, 0.2) is 77.8 Å². The van der Waals surface area contributed by atoms with Gasteiger partial charge in [-0.3, -0.25) is 19.8 Å². The molecule has 5 aliphatic heterocycles. The maximum Gasteiger partial charge on any atom is 0.297 e. The van der Waals surface area contributed by atoms with Crippen LogP contribution in [0.25, 0.3) is 11.0 Å². The number of aromatic amines is 1. The Hall–Kier alpha value is -6.19. The van der Waals surface area contributed by atoms with Gasteiger partial charge in [0.2, 0.25) is 5.88 Å².